The standard InChI is InChI=1S/C12H18BrNO2/c1-3-15-7-9(2)16-8-10-4-11(13)6-12(14)5-10/h4-6,9H,3,7-8,14H2,1-2H3. The van der Waals surface area contributed by atoms with E-state index >= 15 is 0 Å². The number of anilines is 1. The molecule has 0 aliphatic carbocycles. The van der Waals surface area contributed by atoms with Gasteiger partial charge in [0.25, 0.3) is 0 Å². The van der Waals surface area contributed by atoms with Gasteiger partial charge in [-0.15, -0.1) is 0 Å². The summed E-state index contributed by atoms with van der Waals surface area (Å²) in [4.78, 5) is 0. The first-order chi connectivity index (χ1) is 7.61. The summed E-state index contributed by atoms with van der Waals surface area (Å²) < 4.78 is 11.9. The van der Waals surface area contributed by atoms with E-state index in [0.717, 1.165) is 22.3 Å². The molecule has 1 atom stereocenters. The molecule has 4 heteroatoms. The molecular weight excluding hydrogens is 270 g/mol. The van der Waals surface area contributed by atoms with Crippen LogP contribution in [-0.2, 0) is 16.1 Å². The zero-order chi connectivity index (χ0) is 12.0. The Bertz CT molecular complexity index is 311. The molecule has 0 saturated heterocycles. The molecule has 0 spiro atoms. The summed E-state index contributed by atoms with van der Waals surface area (Å²) in [6, 6.07) is 5.79. The van der Waals surface area contributed by atoms with Crippen LogP contribution in [0.2, 0.25) is 0 Å². The molecule has 3 nitrogen and oxygen atoms in total. The van der Waals surface area contributed by atoms with Crippen LogP contribution in [0.25, 0.3) is 0 Å². The predicted molar refractivity (Wildman–Crippen MR) is 69.3 cm³/mol. The van der Waals surface area contributed by atoms with Gasteiger partial charge in [0.2, 0.25) is 0 Å². The van der Waals surface area contributed by atoms with Crippen molar-refractivity contribution in [2.75, 3.05) is 18.9 Å². The van der Waals surface area contributed by atoms with Crippen molar-refractivity contribution < 1.29 is 9.47 Å². The minimum Gasteiger partial charge on any atom is -0.399 e. The second kappa shape index (κ2) is 6.89. The first-order valence-electron chi connectivity index (χ1n) is 5.36. The summed E-state index contributed by atoms with van der Waals surface area (Å²) in [5.74, 6) is 0. The van der Waals surface area contributed by atoms with Crippen molar-refractivity contribution in [2.45, 2.75) is 26.6 Å². The third kappa shape index (κ3) is 4.96. The smallest absolute Gasteiger partial charge is 0.0785 e. The lowest BCUT2D eigenvalue weighted by molar-refractivity contribution is -0.0116. The van der Waals surface area contributed by atoms with Gasteiger partial charge < -0.3 is 15.2 Å². The summed E-state index contributed by atoms with van der Waals surface area (Å²) in [5.41, 5.74) is 7.54. The van der Waals surface area contributed by atoms with E-state index in [1.807, 2.05) is 32.0 Å². The fraction of sp³-hybridized carbons (Fsp3) is 0.500. The van der Waals surface area contributed by atoms with Crippen LogP contribution >= 0.6 is 15.9 Å². The number of nitrogens with two attached hydrogens (primary N) is 1. The fourth-order valence-corrected chi connectivity index (χ4v) is 1.89. The molecular formula is C12H18BrNO2. The van der Waals surface area contributed by atoms with E-state index in [1.54, 1.807) is 0 Å². The zero-order valence-corrected chi connectivity index (χ0v) is 11.3. The molecule has 2 N–H and O–H groups in total. The molecule has 1 unspecified atom stereocenters. The number of benzene rings is 1. The maximum Gasteiger partial charge on any atom is 0.0785 e. The van der Waals surface area contributed by atoms with Crippen molar-refractivity contribution in [1.29, 1.82) is 0 Å². The molecule has 0 aliphatic rings. The Morgan fingerprint density at radius 1 is 1.38 bits per heavy atom. The first kappa shape index (κ1) is 13.5. The van der Waals surface area contributed by atoms with Crippen molar-refractivity contribution in [3.05, 3.63) is 28.2 Å². The largest absolute Gasteiger partial charge is 0.399 e. The third-order valence-corrected chi connectivity index (χ3v) is 2.53. The molecule has 0 bridgehead atoms. The minimum atomic E-state index is 0.0974. The maximum absolute atomic E-state index is 5.74. The van der Waals surface area contributed by atoms with E-state index < -0.39 is 0 Å². The van der Waals surface area contributed by atoms with Crippen LogP contribution in [0.1, 0.15) is 19.4 Å². The molecule has 0 amide bonds. The molecule has 0 aliphatic heterocycles. The lowest BCUT2D eigenvalue weighted by Crippen LogP contribution is -2.15. The summed E-state index contributed by atoms with van der Waals surface area (Å²) in [6.45, 7) is 5.87. The molecule has 1 rings (SSSR count). The third-order valence-electron chi connectivity index (χ3n) is 2.07. The monoisotopic (exact) mass is 287 g/mol. The molecule has 0 radical (unpaired) electrons. The summed E-state index contributed by atoms with van der Waals surface area (Å²) in [6.07, 6.45) is 0.0974. The zero-order valence-electron chi connectivity index (χ0n) is 9.70. The second-order valence-corrected chi connectivity index (χ2v) is 4.59. The lowest BCUT2D eigenvalue weighted by Gasteiger charge is -2.13. The number of hydrogen-bond acceptors (Lipinski definition) is 3. The average Bonchev–Trinajstić information content (AvgIpc) is 2.22. The Hall–Kier alpha value is -0.580. The summed E-state index contributed by atoms with van der Waals surface area (Å²) >= 11 is 3.40. The van der Waals surface area contributed by atoms with Crippen LogP contribution < -0.4 is 5.73 Å². The van der Waals surface area contributed by atoms with Crippen molar-refractivity contribution in [2.24, 2.45) is 0 Å². The summed E-state index contributed by atoms with van der Waals surface area (Å²) in [5, 5.41) is 0. The van der Waals surface area contributed by atoms with Crippen molar-refractivity contribution in [3.8, 4) is 0 Å². The van der Waals surface area contributed by atoms with Gasteiger partial charge in [0.1, 0.15) is 0 Å². The van der Waals surface area contributed by atoms with Gasteiger partial charge in [-0.05, 0) is 37.6 Å². The summed E-state index contributed by atoms with van der Waals surface area (Å²) in [7, 11) is 0. The van der Waals surface area contributed by atoms with Gasteiger partial charge in [-0.25, -0.2) is 0 Å². The fourth-order valence-electron chi connectivity index (χ4n) is 1.33. The molecule has 0 heterocycles. The Labute approximate surface area is 105 Å². The lowest BCUT2D eigenvalue weighted by atomic mass is 10.2. The average molecular weight is 288 g/mol. The Balaban J connectivity index is 2.41. The van der Waals surface area contributed by atoms with Gasteiger partial charge in [0.15, 0.2) is 0 Å². The number of halogens is 1. The van der Waals surface area contributed by atoms with Gasteiger partial charge in [-0.3, -0.25) is 0 Å². The van der Waals surface area contributed by atoms with Crippen molar-refractivity contribution in [1.82, 2.24) is 0 Å². The highest BCUT2D eigenvalue weighted by molar-refractivity contribution is 9.10. The predicted octanol–water partition coefficient (Wildman–Crippen LogP) is 2.97. The van der Waals surface area contributed by atoms with Gasteiger partial charge in [-0.2, -0.15) is 0 Å². The van der Waals surface area contributed by atoms with E-state index in [-0.39, 0.29) is 6.10 Å². The normalized spacial score (nSPS) is 12.7. The second-order valence-electron chi connectivity index (χ2n) is 3.67. The first-order valence-corrected chi connectivity index (χ1v) is 6.15. The molecule has 1 aromatic rings. The molecule has 0 saturated carbocycles. The van der Waals surface area contributed by atoms with Crippen molar-refractivity contribution >= 4 is 21.6 Å². The van der Waals surface area contributed by atoms with E-state index in [0.29, 0.717) is 13.2 Å². The Kier molecular flexibility index (Phi) is 5.80. The number of ether oxygens (including phenoxy) is 2. The van der Waals surface area contributed by atoms with Gasteiger partial charge in [0.05, 0.1) is 19.3 Å². The van der Waals surface area contributed by atoms with Gasteiger partial charge >= 0.3 is 0 Å². The van der Waals surface area contributed by atoms with Crippen LogP contribution in [-0.4, -0.2) is 19.3 Å². The van der Waals surface area contributed by atoms with E-state index in [1.165, 1.54) is 0 Å². The van der Waals surface area contributed by atoms with Crippen LogP contribution in [0.4, 0.5) is 5.69 Å². The molecule has 90 valence electrons. The topological polar surface area (TPSA) is 44.5 Å². The highest BCUT2D eigenvalue weighted by Crippen LogP contribution is 2.18. The van der Waals surface area contributed by atoms with Crippen molar-refractivity contribution in [3.63, 3.8) is 0 Å². The van der Waals surface area contributed by atoms with Crippen LogP contribution in [0.15, 0.2) is 22.7 Å². The SMILES string of the molecule is CCOCC(C)OCc1cc(N)cc(Br)c1. The molecule has 1 aromatic carbocycles. The minimum absolute atomic E-state index is 0.0974. The highest BCUT2D eigenvalue weighted by atomic mass is 79.9. The van der Waals surface area contributed by atoms with E-state index in [4.69, 9.17) is 15.2 Å². The van der Waals surface area contributed by atoms with Gasteiger partial charge in [-0.1, -0.05) is 15.9 Å². The molecule has 0 aromatic heterocycles. The van der Waals surface area contributed by atoms with Gasteiger partial charge in [0, 0.05) is 16.8 Å². The maximum atomic E-state index is 5.74. The number of rotatable bonds is 6. The number of hydrogen-bond donors (Lipinski definition) is 1. The molecule has 16 heavy (non-hydrogen) atoms. The van der Waals surface area contributed by atoms with E-state index in [2.05, 4.69) is 15.9 Å². The Morgan fingerprint density at radius 2 is 2.12 bits per heavy atom. The Morgan fingerprint density at radius 3 is 2.75 bits per heavy atom. The number of nitrogen functional groups attached to an aromatic ring is 1. The highest BCUT2D eigenvalue weighted by Gasteiger charge is 2.03. The van der Waals surface area contributed by atoms with Crippen LogP contribution in [0, 0.1) is 0 Å². The van der Waals surface area contributed by atoms with Crippen LogP contribution in [0.5, 0.6) is 0 Å². The van der Waals surface area contributed by atoms with E-state index in [9.17, 15) is 0 Å². The quantitative estimate of drug-likeness (QED) is 0.818. The van der Waals surface area contributed by atoms with Crippen LogP contribution in [0.3, 0.4) is 0 Å². The molecule has 0 fully saturated rings.